The highest BCUT2D eigenvalue weighted by Gasteiger charge is 2.71. The largest absolute Gasteiger partial charge is 0.352 e. The van der Waals surface area contributed by atoms with Crippen molar-refractivity contribution < 1.29 is 14.4 Å². The lowest BCUT2D eigenvalue weighted by atomic mass is 9.64. The van der Waals surface area contributed by atoms with Crippen LogP contribution in [-0.4, -0.2) is 29.4 Å². The summed E-state index contributed by atoms with van der Waals surface area (Å²) in [6, 6.07) is 21.8. The highest BCUT2D eigenvalue weighted by Crippen LogP contribution is 2.61. The van der Waals surface area contributed by atoms with E-state index in [0.717, 1.165) is 11.3 Å². The van der Waals surface area contributed by atoms with E-state index in [2.05, 4.69) is 0 Å². The third-order valence-electron chi connectivity index (χ3n) is 8.04. The first kappa shape index (κ1) is 23.6. The molecule has 4 aromatic rings. The predicted octanol–water partition coefficient (Wildman–Crippen LogP) is 7.37. The molecule has 0 bridgehead atoms. The molecule has 0 unspecified atom stereocenters. The summed E-state index contributed by atoms with van der Waals surface area (Å²) in [6.07, 6.45) is 3.85. The normalized spacial score (nSPS) is 22.5. The highest BCUT2D eigenvalue weighted by atomic mass is 35.5. The van der Waals surface area contributed by atoms with Crippen LogP contribution in [0.2, 0.25) is 10.0 Å². The Hall–Kier alpha value is -3.51. The number of para-hydroxylation sites is 1. The van der Waals surface area contributed by atoms with Gasteiger partial charge in [0.05, 0.1) is 10.9 Å². The number of hydrogen-bond acceptors (Lipinski definition) is 5. The molecule has 186 valence electrons. The summed E-state index contributed by atoms with van der Waals surface area (Å²) >= 11 is 14.4. The lowest BCUT2D eigenvalue weighted by Crippen LogP contribution is -2.48. The summed E-state index contributed by atoms with van der Waals surface area (Å²) in [5.74, 6) is -1.57. The minimum atomic E-state index is -1.58. The molecule has 38 heavy (non-hydrogen) atoms. The summed E-state index contributed by atoms with van der Waals surface area (Å²) in [5.41, 5.74) is 1.45. The smallest absolute Gasteiger partial charge is 0.195 e. The molecule has 0 saturated carbocycles. The first-order valence-electron chi connectivity index (χ1n) is 12.2. The maximum atomic E-state index is 14.6. The summed E-state index contributed by atoms with van der Waals surface area (Å²) in [5, 5.41) is 2.60. The summed E-state index contributed by atoms with van der Waals surface area (Å²) in [4.78, 5) is 46.1. The quantitative estimate of drug-likeness (QED) is 0.195. The summed E-state index contributed by atoms with van der Waals surface area (Å²) in [7, 11) is 0. The Kier molecular flexibility index (Phi) is 5.28. The van der Waals surface area contributed by atoms with Crippen LogP contribution >= 0.6 is 34.5 Å². The predicted molar refractivity (Wildman–Crippen MR) is 151 cm³/mol. The number of Topliss-reactive ketones (excluding diaryl/α,β-unsaturated/α-hetero) is 3. The van der Waals surface area contributed by atoms with Crippen molar-refractivity contribution in [2.24, 2.45) is 5.41 Å². The topological polar surface area (TPSA) is 54.5 Å². The van der Waals surface area contributed by atoms with Gasteiger partial charge in [0.2, 0.25) is 0 Å². The van der Waals surface area contributed by atoms with Gasteiger partial charge in [0.15, 0.2) is 17.3 Å². The van der Waals surface area contributed by atoms with E-state index in [0.29, 0.717) is 31.6 Å². The van der Waals surface area contributed by atoms with Crippen molar-refractivity contribution in [1.29, 1.82) is 0 Å². The van der Waals surface area contributed by atoms with E-state index in [1.54, 1.807) is 48.5 Å². The van der Waals surface area contributed by atoms with Gasteiger partial charge in [-0.2, -0.15) is 0 Å². The molecule has 0 N–H and O–H groups in total. The van der Waals surface area contributed by atoms with Gasteiger partial charge in [-0.15, -0.1) is 11.3 Å². The van der Waals surface area contributed by atoms with E-state index in [1.807, 2.05) is 52.8 Å². The van der Waals surface area contributed by atoms with Crippen LogP contribution in [0.3, 0.4) is 0 Å². The van der Waals surface area contributed by atoms with Crippen molar-refractivity contribution in [2.75, 3.05) is 4.90 Å². The van der Waals surface area contributed by atoms with Crippen molar-refractivity contribution in [3.05, 3.63) is 127 Å². The molecule has 1 fully saturated rings. The number of nitrogens with zero attached hydrogens (tertiary/aromatic N) is 1. The molecular weight excluding hydrogens is 537 g/mol. The van der Waals surface area contributed by atoms with Crippen LogP contribution in [0.5, 0.6) is 0 Å². The van der Waals surface area contributed by atoms with Gasteiger partial charge >= 0.3 is 0 Å². The molecular formula is C31H19Cl2NO3S. The number of halogens is 2. The Labute approximate surface area is 233 Å². The maximum Gasteiger partial charge on any atom is 0.195 e. The first-order valence-corrected chi connectivity index (χ1v) is 13.8. The average molecular weight is 556 g/mol. The van der Waals surface area contributed by atoms with E-state index in [-0.39, 0.29) is 17.3 Å². The SMILES string of the molecule is O=C(c1cccs1)[C@@H]1[C@H](c2ccc(Cl)cc2Cl)C2(C(=O)c3ccccc3C2=O)[C@@H]2C=Cc3ccccc3N12. The maximum absolute atomic E-state index is 14.6. The van der Waals surface area contributed by atoms with Crippen LogP contribution < -0.4 is 4.90 Å². The molecule has 7 heteroatoms. The van der Waals surface area contributed by atoms with Crippen LogP contribution in [0, 0.1) is 5.41 Å². The van der Waals surface area contributed by atoms with Gasteiger partial charge in [0.25, 0.3) is 0 Å². The van der Waals surface area contributed by atoms with Gasteiger partial charge in [0, 0.05) is 32.8 Å². The van der Waals surface area contributed by atoms with Crippen LogP contribution in [-0.2, 0) is 0 Å². The number of rotatable bonds is 3. The van der Waals surface area contributed by atoms with Crippen molar-refractivity contribution in [3.63, 3.8) is 0 Å². The average Bonchev–Trinajstić information content (AvgIpc) is 3.62. The minimum Gasteiger partial charge on any atom is -0.352 e. The fourth-order valence-electron chi connectivity index (χ4n) is 6.58. The van der Waals surface area contributed by atoms with Crippen LogP contribution in [0.1, 0.15) is 47.4 Å². The lowest BCUT2D eigenvalue weighted by molar-refractivity contribution is 0.0666. The fourth-order valence-corrected chi connectivity index (χ4v) is 7.80. The number of benzene rings is 3. The molecule has 1 spiro atoms. The zero-order valence-corrected chi connectivity index (χ0v) is 22.1. The molecule has 1 saturated heterocycles. The zero-order valence-electron chi connectivity index (χ0n) is 19.8. The van der Waals surface area contributed by atoms with Gasteiger partial charge in [-0.1, -0.05) is 90.0 Å². The Morgan fingerprint density at radius 2 is 1.58 bits per heavy atom. The number of fused-ring (bicyclic) bond motifs is 5. The molecule has 1 aromatic heterocycles. The van der Waals surface area contributed by atoms with E-state index >= 15 is 0 Å². The number of thiophene rings is 1. The van der Waals surface area contributed by atoms with Crippen molar-refractivity contribution >= 4 is 63.7 Å². The number of carbonyl (C=O) groups is 3. The highest BCUT2D eigenvalue weighted by molar-refractivity contribution is 7.12. The molecule has 0 radical (unpaired) electrons. The summed E-state index contributed by atoms with van der Waals surface area (Å²) < 4.78 is 0. The Balaban J connectivity index is 1.58. The van der Waals surface area contributed by atoms with Gasteiger partial charge < -0.3 is 4.90 Å². The molecule has 3 aliphatic rings. The molecule has 3 aromatic carbocycles. The number of carbonyl (C=O) groups excluding carboxylic acids is 3. The number of anilines is 1. The monoisotopic (exact) mass is 555 g/mol. The third-order valence-corrected chi connectivity index (χ3v) is 9.49. The fraction of sp³-hybridized carbons (Fsp3) is 0.129. The molecule has 3 atom stereocenters. The lowest BCUT2D eigenvalue weighted by Gasteiger charge is -2.37. The molecule has 7 rings (SSSR count). The van der Waals surface area contributed by atoms with E-state index in [1.165, 1.54) is 11.3 Å². The molecule has 0 amide bonds. The first-order chi connectivity index (χ1) is 18.4. The molecule has 1 aliphatic carbocycles. The Bertz CT molecular complexity index is 1660. The third kappa shape index (κ3) is 3.01. The van der Waals surface area contributed by atoms with Crippen molar-refractivity contribution in [3.8, 4) is 0 Å². The second-order valence-corrected chi connectivity index (χ2v) is 11.6. The minimum absolute atomic E-state index is 0.153. The second-order valence-electron chi connectivity index (χ2n) is 9.77. The van der Waals surface area contributed by atoms with Crippen molar-refractivity contribution in [1.82, 2.24) is 0 Å². The van der Waals surface area contributed by atoms with Gasteiger partial charge in [0.1, 0.15) is 11.5 Å². The Morgan fingerprint density at radius 3 is 2.26 bits per heavy atom. The number of ketones is 3. The van der Waals surface area contributed by atoms with Gasteiger partial charge in [-0.05, 0) is 40.8 Å². The van der Waals surface area contributed by atoms with E-state index in [4.69, 9.17) is 23.2 Å². The standard InChI is InChI=1S/C31H19Cl2NO3S/c32-18-12-13-21(22(33)16-18)26-27(28(35)24-10-5-15-38-24)34-23-9-4-1-6-17(23)11-14-25(34)31(26)29(36)19-7-2-3-8-20(19)30(31)37/h1-16,25-27H/t25-,26-,27-/m0/s1. The van der Waals surface area contributed by atoms with Gasteiger partial charge in [-0.25, -0.2) is 0 Å². The van der Waals surface area contributed by atoms with E-state index in [9.17, 15) is 14.4 Å². The Morgan fingerprint density at radius 1 is 0.868 bits per heavy atom. The second kappa shape index (κ2) is 8.50. The van der Waals surface area contributed by atoms with Crippen LogP contribution in [0.4, 0.5) is 5.69 Å². The van der Waals surface area contributed by atoms with Crippen LogP contribution in [0.15, 0.2) is 90.3 Å². The van der Waals surface area contributed by atoms with Crippen LogP contribution in [0.25, 0.3) is 6.08 Å². The molecule has 3 heterocycles. The van der Waals surface area contributed by atoms with E-state index < -0.39 is 23.4 Å². The molecule has 4 nitrogen and oxygen atoms in total. The van der Waals surface area contributed by atoms with Gasteiger partial charge in [-0.3, -0.25) is 14.4 Å². The molecule has 2 aliphatic heterocycles. The zero-order chi connectivity index (χ0) is 26.2. The van der Waals surface area contributed by atoms with Crippen molar-refractivity contribution in [2.45, 2.75) is 18.0 Å². The summed E-state index contributed by atoms with van der Waals surface area (Å²) in [6.45, 7) is 0. The number of hydrogen-bond donors (Lipinski definition) is 0.